The first-order valence-electron chi connectivity index (χ1n) is 9.37. The lowest BCUT2D eigenvalue weighted by molar-refractivity contribution is -0.118. The molecule has 0 heterocycles. The van der Waals surface area contributed by atoms with Gasteiger partial charge in [-0.05, 0) is 63.0 Å². The highest BCUT2D eigenvalue weighted by molar-refractivity contribution is 5.97. The van der Waals surface area contributed by atoms with Gasteiger partial charge in [-0.2, -0.15) is 0 Å². The van der Waals surface area contributed by atoms with E-state index in [4.69, 9.17) is 0 Å². The molecule has 6 nitrogen and oxygen atoms in total. The Kier molecular flexibility index (Phi) is 5.59. The molecule has 0 saturated heterocycles. The number of nitrogens with one attached hydrogen (secondary N) is 3. The van der Waals surface area contributed by atoms with Gasteiger partial charge >= 0.3 is 6.03 Å². The van der Waals surface area contributed by atoms with E-state index >= 15 is 0 Å². The summed E-state index contributed by atoms with van der Waals surface area (Å²) >= 11 is 0. The molecular formula is C20H27N3O3. The maximum atomic E-state index is 12.1. The molecule has 3 N–H and O–H groups in total. The highest BCUT2D eigenvalue weighted by Gasteiger charge is 2.42. The summed E-state index contributed by atoms with van der Waals surface area (Å²) in [6, 6.07) is 6.57. The number of benzene rings is 1. The number of hydrogen-bond acceptors (Lipinski definition) is 4. The SMILES string of the molecule is CC(=O)c1cccc(NCC(=O)NC(=O)NC(C)C2CC3CCC2C3)c1. The standard InChI is InChI=1S/C20H27N3O3/c1-12(18-9-14-6-7-16(18)8-14)22-20(26)23-19(25)11-21-17-5-3-4-15(10-17)13(2)24/h3-5,10,12,14,16,18,21H,6-9,11H2,1-2H3,(H2,22,23,25,26). The van der Waals surface area contributed by atoms with Crippen LogP contribution in [-0.4, -0.2) is 30.3 Å². The van der Waals surface area contributed by atoms with Gasteiger partial charge in [0.25, 0.3) is 0 Å². The van der Waals surface area contributed by atoms with E-state index in [0.717, 1.165) is 11.8 Å². The Morgan fingerprint density at radius 2 is 2.00 bits per heavy atom. The Morgan fingerprint density at radius 3 is 2.65 bits per heavy atom. The molecule has 0 aromatic heterocycles. The summed E-state index contributed by atoms with van der Waals surface area (Å²) in [6.07, 6.45) is 5.08. The zero-order chi connectivity index (χ0) is 18.7. The van der Waals surface area contributed by atoms with Crippen LogP contribution in [0.2, 0.25) is 0 Å². The number of carbonyl (C=O) groups excluding carboxylic acids is 3. The first-order chi connectivity index (χ1) is 12.4. The average molecular weight is 357 g/mol. The molecule has 2 bridgehead atoms. The molecule has 140 valence electrons. The maximum Gasteiger partial charge on any atom is 0.321 e. The Morgan fingerprint density at radius 1 is 1.19 bits per heavy atom. The monoisotopic (exact) mass is 357 g/mol. The molecule has 6 heteroatoms. The van der Waals surface area contributed by atoms with Crippen LogP contribution in [0.15, 0.2) is 24.3 Å². The predicted molar refractivity (Wildman–Crippen MR) is 100 cm³/mol. The molecule has 0 spiro atoms. The fourth-order valence-corrected chi connectivity index (χ4v) is 4.46. The van der Waals surface area contributed by atoms with Crippen molar-refractivity contribution in [3.05, 3.63) is 29.8 Å². The average Bonchev–Trinajstić information content (AvgIpc) is 3.23. The minimum atomic E-state index is -0.440. The normalized spacial score (nSPS) is 24.8. The van der Waals surface area contributed by atoms with Crippen molar-refractivity contribution in [1.29, 1.82) is 0 Å². The summed E-state index contributed by atoms with van der Waals surface area (Å²) in [5, 5.41) is 8.22. The number of imide groups is 1. The Labute approximate surface area is 154 Å². The zero-order valence-corrected chi connectivity index (χ0v) is 15.4. The van der Waals surface area contributed by atoms with Crippen LogP contribution < -0.4 is 16.0 Å². The van der Waals surface area contributed by atoms with Crippen molar-refractivity contribution in [3.63, 3.8) is 0 Å². The Bertz CT molecular complexity index is 703. The van der Waals surface area contributed by atoms with Crippen LogP contribution >= 0.6 is 0 Å². The van der Waals surface area contributed by atoms with E-state index in [2.05, 4.69) is 16.0 Å². The third kappa shape index (κ3) is 4.42. The first-order valence-corrected chi connectivity index (χ1v) is 9.37. The maximum absolute atomic E-state index is 12.1. The predicted octanol–water partition coefficient (Wildman–Crippen LogP) is 2.95. The second-order valence-electron chi connectivity index (χ2n) is 7.64. The molecule has 2 saturated carbocycles. The third-order valence-corrected chi connectivity index (χ3v) is 5.77. The first kappa shape index (κ1) is 18.4. The van der Waals surface area contributed by atoms with Gasteiger partial charge < -0.3 is 10.6 Å². The topological polar surface area (TPSA) is 87.3 Å². The summed E-state index contributed by atoms with van der Waals surface area (Å²) in [5.74, 6) is 1.64. The summed E-state index contributed by atoms with van der Waals surface area (Å²) in [5.41, 5.74) is 1.25. The number of hydrogen-bond donors (Lipinski definition) is 3. The van der Waals surface area contributed by atoms with E-state index in [1.807, 2.05) is 6.92 Å². The smallest absolute Gasteiger partial charge is 0.321 e. The van der Waals surface area contributed by atoms with Crippen LogP contribution in [0, 0.1) is 17.8 Å². The number of urea groups is 1. The van der Waals surface area contributed by atoms with E-state index in [9.17, 15) is 14.4 Å². The van der Waals surface area contributed by atoms with E-state index in [1.165, 1.54) is 32.6 Å². The number of anilines is 1. The van der Waals surface area contributed by atoms with Crippen LogP contribution in [0.4, 0.5) is 10.5 Å². The number of amides is 3. The summed E-state index contributed by atoms with van der Waals surface area (Å²) in [4.78, 5) is 35.4. The van der Waals surface area contributed by atoms with Crippen LogP contribution in [0.1, 0.15) is 49.9 Å². The molecule has 26 heavy (non-hydrogen) atoms. The van der Waals surface area contributed by atoms with Gasteiger partial charge in [-0.1, -0.05) is 18.6 Å². The molecule has 2 aliphatic carbocycles. The second-order valence-corrected chi connectivity index (χ2v) is 7.64. The van der Waals surface area contributed by atoms with Crippen LogP contribution in [-0.2, 0) is 4.79 Å². The molecule has 3 amide bonds. The van der Waals surface area contributed by atoms with E-state index in [0.29, 0.717) is 17.2 Å². The molecule has 0 aliphatic heterocycles. The lowest BCUT2D eigenvalue weighted by Gasteiger charge is -2.28. The molecule has 1 aromatic rings. The molecule has 4 unspecified atom stereocenters. The van der Waals surface area contributed by atoms with Crippen molar-refractivity contribution in [1.82, 2.24) is 10.6 Å². The van der Waals surface area contributed by atoms with Crippen molar-refractivity contribution in [3.8, 4) is 0 Å². The van der Waals surface area contributed by atoms with Crippen molar-refractivity contribution in [2.24, 2.45) is 17.8 Å². The number of Topliss-reactive ketones (excluding diaryl/α,β-unsaturated/α-hetero) is 1. The molecule has 0 radical (unpaired) electrons. The van der Waals surface area contributed by atoms with Gasteiger partial charge in [0.1, 0.15) is 0 Å². The summed E-state index contributed by atoms with van der Waals surface area (Å²) < 4.78 is 0. The van der Waals surface area contributed by atoms with E-state index < -0.39 is 11.9 Å². The largest absolute Gasteiger partial charge is 0.376 e. The van der Waals surface area contributed by atoms with Gasteiger partial charge in [0.15, 0.2) is 5.78 Å². The summed E-state index contributed by atoms with van der Waals surface area (Å²) in [6.45, 7) is 3.49. The quantitative estimate of drug-likeness (QED) is 0.683. The van der Waals surface area contributed by atoms with Gasteiger partial charge in [-0.15, -0.1) is 0 Å². The van der Waals surface area contributed by atoms with Crippen molar-refractivity contribution in [2.75, 3.05) is 11.9 Å². The summed E-state index contributed by atoms with van der Waals surface area (Å²) in [7, 11) is 0. The molecular weight excluding hydrogens is 330 g/mol. The van der Waals surface area contributed by atoms with Crippen LogP contribution in [0.25, 0.3) is 0 Å². The molecule has 1 aromatic carbocycles. The van der Waals surface area contributed by atoms with Gasteiger partial charge in [0.05, 0.1) is 6.54 Å². The second kappa shape index (κ2) is 7.89. The number of rotatable bonds is 6. The van der Waals surface area contributed by atoms with Gasteiger partial charge in [-0.3, -0.25) is 14.9 Å². The number of fused-ring (bicyclic) bond motifs is 2. The molecule has 4 atom stereocenters. The highest BCUT2D eigenvalue weighted by atomic mass is 16.2. The number of carbonyl (C=O) groups is 3. The number of ketones is 1. The molecule has 3 rings (SSSR count). The zero-order valence-electron chi connectivity index (χ0n) is 15.4. The molecule has 2 aliphatic rings. The van der Waals surface area contributed by atoms with Gasteiger partial charge in [0.2, 0.25) is 5.91 Å². The van der Waals surface area contributed by atoms with Gasteiger partial charge in [-0.25, -0.2) is 4.79 Å². The van der Waals surface area contributed by atoms with Crippen molar-refractivity contribution < 1.29 is 14.4 Å². The van der Waals surface area contributed by atoms with E-state index in [1.54, 1.807) is 24.3 Å². The Balaban J connectivity index is 1.42. The van der Waals surface area contributed by atoms with Crippen LogP contribution in [0.5, 0.6) is 0 Å². The van der Waals surface area contributed by atoms with Crippen LogP contribution in [0.3, 0.4) is 0 Å². The lowest BCUT2D eigenvalue weighted by atomic mass is 9.84. The van der Waals surface area contributed by atoms with Gasteiger partial charge in [0, 0.05) is 17.3 Å². The van der Waals surface area contributed by atoms with Crippen molar-refractivity contribution in [2.45, 2.75) is 45.6 Å². The fourth-order valence-electron chi connectivity index (χ4n) is 4.46. The minimum Gasteiger partial charge on any atom is -0.376 e. The lowest BCUT2D eigenvalue weighted by Crippen LogP contribution is -2.48. The molecule has 2 fully saturated rings. The van der Waals surface area contributed by atoms with E-state index in [-0.39, 0.29) is 18.4 Å². The Hall–Kier alpha value is -2.37. The highest BCUT2D eigenvalue weighted by Crippen LogP contribution is 2.49. The minimum absolute atomic E-state index is 0.0305. The third-order valence-electron chi connectivity index (χ3n) is 5.77. The fraction of sp³-hybridized carbons (Fsp3) is 0.550. The van der Waals surface area contributed by atoms with Crippen molar-refractivity contribution >= 4 is 23.4 Å².